The minimum absolute atomic E-state index is 0.00728. The van der Waals surface area contributed by atoms with E-state index in [1.54, 1.807) is 11.3 Å². The Morgan fingerprint density at radius 3 is 3.00 bits per heavy atom. The molecule has 0 saturated carbocycles. The highest BCUT2D eigenvalue weighted by atomic mass is 32.1. The molecular formula is C19H20N4O2S. The van der Waals surface area contributed by atoms with E-state index >= 15 is 0 Å². The number of fused-ring (bicyclic) bond motifs is 3. The quantitative estimate of drug-likeness (QED) is 0.769. The molecule has 0 spiro atoms. The van der Waals surface area contributed by atoms with Crippen molar-refractivity contribution in [3.8, 4) is 5.75 Å². The lowest BCUT2D eigenvalue weighted by molar-refractivity contribution is -0.134. The summed E-state index contributed by atoms with van der Waals surface area (Å²) in [6.45, 7) is 5.30. The minimum atomic E-state index is -0.00728. The number of hydrogen-bond donors (Lipinski definition) is 1. The number of hydrogen-bond acceptors (Lipinski definition) is 6. The number of thiophene rings is 1. The lowest BCUT2D eigenvalue weighted by Crippen LogP contribution is -2.38. The number of aryl methyl sites for hydroxylation is 2. The van der Waals surface area contributed by atoms with Gasteiger partial charge in [-0.25, -0.2) is 9.97 Å². The number of ether oxygens (including phenoxy) is 1. The number of carbonyl (C=O) groups excluding carboxylic acids is 1. The topological polar surface area (TPSA) is 81.3 Å². The van der Waals surface area contributed by atoms with Crippen molar-refractivity contribution in [3.63, 3.8) is 0 Å². The molecule has 0 radical (unpaired) electrons. The maximum Gasteiger partial charge on any atom is 0.260 e. The Morgan fingerprint density at radius 2 is 2.19 bits per heavy atom. The van der Waals surface area contributed by atoms with Crippen LogP contribution in [0.1, 0.15) is 21.6 Å². The summed E-state index contributed by atoms with van der Waals surface area (Å²) in [5, 5.41) is 0.950. The van der Waals surface area contributed by atoms with Crippen LogP contribution in [0.3, 0.4) is 0 Å². The molecule has 134 valence electrons. The Kier molecular flexibility index (Phi) is 4.24. The zero-order chi connectivity index (χ0) is 18.3. The van der Waals surface area contributed by atoms with Crippen LogP contribution in [0, 0.1) is 13.8 Å². The molecule has 7 heteroatoms. The monoisotopic (exact) mass is 368 g/mol. The molecule has 0 fully saturated rings. The average Bonchev–Trinajstić information content (AvgIpc) is 2.99. The Morgan fingerprint density at radius 1 is 1.35 bits per heavy atom. The smallest absolute Gasteiger partial charge is 0.260 e. The fraction of sp³-hybridized carbons (Fsp3) is 0.316. The summed E-state index contributed by atoms with van der Waals surface area (Å²) in [7, 11) is 0. The van der Waals surface area contributed by atoms with Gasteiger partial charge in [0.1, 0.15) is 22.7 Å². The third kappa shape index (κ3) is 2.99. The van der Waals surface area contributed by atoms with Crippen LogP contribution in [0.2, 0.25) is 0 Å². The molecule has 4 rings (SSSR count). The molecule has 6 nitrogen and oxygen atoms in total. The van der Waals surface area contributed by atoms with E-state index in [-0.39, 0.29) is 12.5 Å². The van der Waals surface area contributed by atoms with Crippen molar-refractivity contribution in [2.75, 3.05) is 18.9 Å². The van der Waals surface area contributed by atoms with Gasteiger partial charge in [-0.1, -0.05) is 17.7 Å². The van der Waals surface area contributed by atoms with E-state index in [2.05, 4.69) is 16.0 Å². The summed E-state index contributed by atoms with van der Waals surface area (Å²) < 4.78 is 5.74. The molecule has 1 aliphatic heterocycles. The number of benzene rings is 1. The van der Waals surface area contributed by atoms with Crippen molar-refractivity contribution < 1.29 is 9.53 Å². The number of nitrogen functional groups attached to an aromatic ring is 1. The molecule has 3 heterocycles. The standard InChI is InChI=1S/C19H20N4O2S/c1-11-3-4-14(12(2)7-11)25-9-16(24)23-6-5-13-15(8-23)26-19-17(13)18(20)21-10-22-19/h3-4,7,10H,5-6,8-9H2,1-2H3,(H2,20,21,22). The highest BCUT2D eigenvalue weighted by Gasteiger charge is 2.26. The Balaban J connectivity index is 1.47. The summed E-state index contributed by atoms with van der Waals surface area (Å²) in [6, 6.07) is 5.96. The highest BCUT2D eigenvalue weighted by Crippen LogP contribution is 2.36. The first-order valence-electron chi connectivity index (χ1n) is 8.51. The van der Waals surface area contributed by atoms with E-state index in [1.807, 2.05) is 30.9 Å². The number of amides is 1. The lowest BCUT2D eigenvalue weighted by atomic mass is 10.1. The highest BCUT2D eigenvalue weighted by molar-refractivity contribution is 7.19. The Labute approximate surface area is 155 Å². The molecule has 2 N–H and O–H groups in total. The van der Waals surface area contributed by atoms with Crippen molar-refractivity contribution in [3.05, 3.63) is 46.1 Å². The molecule has 1 amide bonds. The molecule has 26 heavy (non-hydrogen) atoms. The largest absolute Gasteiger partial charge is 0.484 e. The third-order valence-corrected chi connectivity index (χ3v) is 5.83. The molecule has 2 aromatic heterocycles. The lowest BCUT2D eigenvalue weighted by Gasteiger charge is -2.27. The zero-order valence-electron chi connectivity index (χ0n) is 14.8. The second-order valence-corrected chi connectivity index (χ2v) is 7.65. The van der Waals surface area contributed by atoms with Crippen LogP contribution in [0.15, 0.2) is 24.5 Å². The molecule has 1 aliphatic rings. The van der Waals surface area contributed by atoms with Crippen molar-refractivity contribution in [1.29, 1.82) is 0 Å². The molecule has 0 atom stereocenters. The number of nitrogens with two attached hydrogens (primary N) is 1. The number of aromatic nitrogens is 2. The van der Waals surface area contributed by atoms with Crippen LogP contribution in [0.5, 0.6) is 5.75 Å². The maximum atomic E-state index is 12.6. The van der Waals surface area contributed by atoms with Gasteiger partial charge in [0, 0.05) is 11.4 Å². The fourth-order valence-corrected chi connectivity index (χ4v) is 4.57. The van der Waals surface area contributed by atoms with Gasteiger partial charge in [0.25, 0.3) is 5.91 Å². The van der Waals surface area contributed by atoms with Gasteiger partial charge in [0.2, 0.25) is 0 Å². The van der Waals surface area contributed by atoms with Gasteiger partial charge in [0.05, 0.1) is 11.9 Å². The van der Waals surface area contributed by atoms with Crippen LogP contribution in [-0.2, 0) is 17.8 Å². The van der Waals surface area contributed by atoms with Crippen molar-refractivity contribution in [2.24, 2.45) is 0 Å². The van der Waals surface area contributed by atoms with E-state index in [0.29, 0.717) is 18.9 Å². The van der Waals surface area contributed by atoms with Gasteiger partial charge in [-0.15, -0.1) is 11.3 Å². The third-order valence-electron chi connectivity index (χ3n) is 4.70. The van der Waals surface area contributed by atoms with Gasteiger partial charge in [-0.3, -0.25) is 4.79 Å². The van der Waals surface area contributed by atoms with Crippen LogP contribution in [0.4, 0.5) is 5.82 Å². The van der Waals surface area contributed by atoms with E-state index in [9.17, 15) is 4.79 Å². The summed E-state index contributed by atoms with van der Waals surface area (Å²) in [6.07, 6.45) is 2.25. The number of rotatable bonds is 3. The average molecular weight is 368 g/mol. The van der Waals surface area contributed by atoms with Crippen LogP contribution in [-0.4, -0.2) is 33.9 Å². The SMILES string of the molecule is Cc1ccc(OCC(=O)N2CCc3c(sc4ncnc(N)c34)C2)c(C)c1. The van der Waals surface area contributed by atoms with Crippen LogP contribution in [0.25, 0.3) is 10.2 Å². The van der Waals surface area contributed by atoms with Crippen LogP contribution < -0.4 is 10.5 Å². The van der Waals surface area contributed by atoms with Gasteiger partial charge < -0.3 is 15.4 Å². The maximum absolute atomic E-state index is 12.6. The van der Waals surface area contributed by atoms with Gasteiger partial charge in [0.15, 0.2) is 6.61 Å². The Bertz CT molecular complexity index is 999. The second-order valence-electron chi connectivity index (χ2n) is 6.57. The number of anilines is 1. The van der Waals surface area contributed by atoms with Crippen molar-refractivity contribution in [1.82, 2.24) is 14.9 Å². The molecule has 0 bridgehead atoms. The number of carbonyl (C=O) groups is 1. The summed E-state index contributed by atoms with van der Waals surface area (Å²) in [5.41, 5.74) is 9.41. The van der Waals surface area contributed by atoms with Gasteiger partial charge in [-0.2, -0.15) is 0 Å². The van der Waals surface area contributed by atoms with E-state index in [0.717, 1.165) is 32.8 Å². The first-order chi connectivity index (χ1) is 12.5. The zero-order valence-corrected chi connectivity index (χ0v) is 15.6. The predicted octanol–water partition coefficient (Wildman–Crippen LogP) is 2.85. The van der Waals surface area contributed by atoms with E-state index in [1.165, 1.54) is 17.5 Å². The first-order valence-corrected chi connectivity index (χ1v) is 9.33. The van der Waals surface area contributed by atoms with E-state index in [4.69, 9.17) is 10.5 Å². The van der Waals surface area contributed by atoms with Crippen LogP contribution >= 0.6 is 11.3 Å². The molecule has 0 aliphatic carbocycles. The summed E-state index contributed by atoms with van der Waals surface area (Å²) >= 11 is 1.59. The molecule has 1 aromatic carbocycles. The normalized spacial score (nSPS) is 13.7. The van der Waals surface area contributed by atoms with Gasteiger partial charge >= 0.3 is 0 Å². The summed E-state index contributed by atoms with van der Waals surface area (Å²) in [4.78, 5) is 24.9. The minimum Gasteiger partial charge on any atom is -0.484 e. The van der Waals surface area contributed by atoms with E-state index < -0.39 is 0 Å². The van der Waals surface area contributed by atoms with Gasteiger partial charge in [-0.05, 0) is 37.5 Å². The number of nitrogens with zero attached hydrogens (tertiary/aromatic N) is 3. The predicted molar refractivity (Wildman–Crippen MR) is 102 cm³/mol. The van der Waals surface area contributed by atoms with Crippen molar-refractivity contribution in [2.45, 2.75) is 26.8 Å². The second kappa shape index (κ2) is 6.57. The Hall–Kier alpha value is -2.67. The summed E-state index contributed by atoms with van der Waals surface area (Å²) in [5.74, 6) is 1.27. The molecule has 3 aromatic rings. The van der Waals surface area contributed by atoms with Crippen molar-refractivity contribution >= 4 is 33.3 Å². The molecular weight excluding hydrogens is 348 g/mol. The molecule has 0 saturated heterocycles. The fourth-order valence-electron chi connectivity index (χ4n) is 3.36. The first kappa shape index (κ1) is 16.8. The molecule has 0 unspecified atom stereocenters.